The summed E-state index contributed by atoms with van der Waals surface area (Å²) >= 11 is 0. The van der Waals surface area contributed by atoms with Crippen molar-refractivity contribution in [2.45, 2.75) is 19.0 Å². The molecule has 0 fully saturated rings. The van der Waals surface area contributed by atoms with Crippen LogP contribution in [-0.2, 0) is 17.8 Å². The molecule has 3 N–H and O–H groups in total. The first-order valence-corrected chi connectivity index (χ1v) is 6.86. The minimum atomic E-state index is -1.31. The van der Waals surface area contributed by atoms with Gasteiger partial charge in [-0.2, -0.15) is 0 Å². The fraction of sp³-hybridized carbons (Fsp3) is 0.188. The second-order valence-corrected chi connectivity index (χ2v) is 4.99. The van der Waals surface area contributed by atoms with Gasteiger partial charge in [-0.15, -0.1) is 0 Å². The lowest BCUT2D eigenvalue weighted by Crippen LogP contribution is -2.45. The monoisotopic (exact) mass is 316 g/mol. The van der Waals surface area contributed by atoms with E-state index >= 15 is 0 Å². The molecule has 0 radical (unpaired) electrons. The molecule has 0 aliphatic heterocycles. The molecule has 7 heteroatoms. The highest BCUT2D eigenvalue weighted by Crippen LogP contribution is 2.16. The van der Waals surface area contributed by atoms with Gasteiger partial charge < -0.3 is 15.3 Å². The van der Waals surface area contributed by atoms with Crippen LogP contribution in [0.1, 0.15) is 11.1 Å². The van der Waals surface area contributed by atoms with E-state index in [4.69, 9.17) is 0 Å². The van der Waals surface area contributed by atoms with Crippen LogP contribution in [0.5, 0.6) is 5.75 Å². The number of pyridine rings is 1. The van der Waals surface area contributed by atoms with E-state index in [-0.39, 0.29) is 18.7 Å². The highest BCUT2D eigenvalue weighted by Gasteiger charge is 2.29. The summed E-state index contributed by atoms with van der Waals surface area (Å²) in [5.74, 6) is -1.16. The number of carboxylic acids is 1. The number of aromatic nitrogens is 1. The second-order valence-electron chi connectivity index (χ2n) is 4.99. The third-order valence-electron chi connectivity index (χ3n) is 3.37. The normalized spacial score (nSPS) is 11.7. The Labute approximate surface area is 132 Å². The van der Waals surface area contributed by atoms with Crippen molar-refractivity contribution < 1.29 is 24.9 Å². The molecule has 1 aromatic carbocycles. The number of hydrogen-bond donors (Lipinski definition) is 3. The van der Waals surface area contributed by atoms with Crippen molar-refractivity contribution >= 4 is 12.1 Å². The molecule has 0 aliphatic rings. The van der Waals surface area contributed by atoms with Crippen molar-refractivity contribution in [3.05, 3.63) is 59.9 Å². The zero-order valence-electron chi connectivity index (χ0n) is 12.2. The summed E-state index contributed by atoms with van der Waals surface area (Å²) < 4.78 is 0. The van der Waals surface area contributed by atoms with E-state index in [1.807, 2.05) is 0 Å². The molecule has 7 nitrogen and oxygen atoms in total. The minimum Gasteiger partial charge on any atom is -0.508 e. The van der Waals surface area contributed by atoms with Crippen LogP contribution in [0, 0.1) is 0 Å². The van der Waals surface area contributed by atoms with E-state index in [1.165, 1.54) is 24.5 Å². The van der Waals surface area contributed by atoms with Crippen LogP contribution >= 0.6 is 0 Å². The summed E-state index contributed by atoms with van der Waals surface area (Å²) in [6.45, 7) is -0.0487. The maximum Gasteiger partial charge on any atom is 0.408 e. The standard InChI is InChI=1S/C16H16N2O5/c19-13-3-1-11(2-4-13)9-14(15(20)21)18(16(22)23)10-12-5-7-17-8-6-12/h1-8,14,19H,9-10H2,(H,20,21)(H,22,23). The average molecular weight is 316 g/mol. The first-order chi connectivity index (χ1) is 11.0. The molecule has 1 heterocycles. The quantitative estimate of drug-likeness (QED) is 0.751. The third-order valence-corrected chi connectivity index (χ3v) is 3.37. The Hall–Kier alpha value is -3.09. The molecule has 23 heavy (non-hydrogen) atoms. The smallest absolute Gasteiger partial charge is 0.408 e. The SMILES string of the molecule is O=C(O)C(Cc1ccc(O)cc1)N(Cc1ccncc1)C(=O)O. The molecule has 1 unspecified atom stereocenters. The van der Waals surface area contributed by atoms with E-state index in [1.54, 1.807) is 24.3 Å². The van der Waals surface area contributed by atoms with E-state index in [2.05, 4.69) is 4.98 Å². The van der Waals surface area contributed by atoms with Gasteiger partial charge in [-0.05, 0) is 35.4 Å². The number of hydrogen-bond acceptors (Lipinski definition) is 4. The van der Waals surface area contributed by atoms with E-state index < -0.39 is 18.1 Å². The molecule has 1 amide bonds. The highest BCUT2D eigenvalue weighted by molar-refractivity contribution is 5.79. The van der Waals surface area contributed by atoms with E-state index in [0.717, 1.165) is 4.90 Å². The molecule has 1 atom stereocenters. The number of phenols is 1. The zero-order valence-corrected chi connectivity index (χ0v) is 12.2. The number of benzene rings is 1. The maximum absolute atomic E-state index is 11.5. The Morgan fingerprint density at radius 2 is 1.61 bits per heavy atom. The Balaban J connectivity index is 2.22. The maximum atomic E-state index is 11.5. The van der Waals surface area contributed by atoms with Gasteiger partial charge >= 0.3 is 12.1 Å². The van der Waals surface area contributed by atoms with Crippen molar-refractivity contribution in [3.8, 4) is 5.75 Å². The largest absolute Gasteiger partial charge is 0.508 e. The molecule has 0 spiro atoms. The minimum absolute atomic E-state index is 0.00694. The van der Waals surface area contributed by atoms with Gasteiger partial charge in [-0.1, -0.05) is 12.1 Å². The Bertz CT molecular complexity index is 673. The van der Waals surface area contributed by atoms with Crippen molar-refractivity contribution in [2.75, 3.05) is 0 Å². The van der Waals surface area contributed by atoms with Crippen LogP contribution in [0.15, 0.2) is 48.8 Å². The number of phenolic OH excluding ortho intramolecular Hbond substituents is 1. The number of amides is 1. The predicted molar refractivity (Wildman–Crippen MR) is 81.0 cm³/mol. The lowest BCUT2D eigenvalue weighted by atomic mass is 10.0. The number of carbonyl (C=O) groups is 2. The van der Waals surface area contributed by atoms with E-state index in [0.29, 0.717) is 11.1 Å². The lowest BCUT2D eigenvalue weighted by molar-refractivity contribution is -0.142. The first kappa shape index (κ1) is 16.3. The summed E-state index contributed by atoms with van der Waals surface area (Å²) in [4.78, 5) is 27.8. The summed E-state index contributed by atoms with van der Waals surface area (Å²) in [5, 5.41) is 28.1. The zero-order chi connectivity index (χ0) is 16.8. The highest BCUT2D eigenvalue weighted by atomic mass is 16.4. The molecule has 0 saturated heterocycles. The molecule has 1 aromatic heterocycles. The number of aromatic hydroxyl groups is 1. The van der Waals surface area contributed by atoms with Crippen molar-refractivity contribution in [1.29, 1.82) is 0 Å². The van der Waals surface area contributed by atoms with Crippen LogP contribution < -0.4 is 0 Å². The third kappa shape index (κ3) is 4.44. The van der Waals surface area contributed by atoms with Gasteiger partial charge in [0.05, 0.1) is 6.54 Å². The summed E-state index contributed by atoms with van der Waals surface area (Å²) in [7, 11) is 0. The van der Waals surface area contributed by atoms with Gasteiger partial charge in [-0.3, -0.25) is 9.88 Å². The average Bonchev–Trinajstić information content (AvgIpc) is 2.53. The second kappa shape index (κ2) is 7.26. The van der Waals surface area contributed by atoms with Crippen molar-refractivity contribution in [2.24, 2.45) is 0 Å². The lowest BCUT2D eigenvalue weighted by Gasteiger charge is -2.26. The van der Waals surface area contributed by atoms with Gasteiger partial charge in [0.2, 0.25) is 0 Å². The molecule has 2 aromatic rings. The molecular weight excluding hydrogens is 300 g/mol. The van der Waals surface area contributed by atoms with Gasteiger partial charge in [0.1, 0.15) is 11.8 Å². The summed E-state index contributed by atoms with van der Waals surface area (Å²) in [5.41, 5.74) is 1.27. The topological polar surface area (TPSA) is 111 Å². The van der Waals surface area contributed by atoms with Crippen LogP contribution in [0.2, 0.25) is 0 Å². The Kier molecular flexibility index (Phi) is 5.14. The fourth-order valence-electron chi connectivity index (χ4n) is 2.18. The van der Waals surface area contributed by atoms with Crippen LogP contribution in [-0.4, -0.2) is 43.3 Å². The number of rotatable bonds is 6. The number of aliphatic carboxylic acids is 1. The summed E-state index contributed by atoms with van der Waals surface area (Å²) in [6.07, 6.45) is 1.73. The van der Waals surface area contributed by atoms with Gasteiger partial charge in [0, 0.05) is 18.8 Å². The van der Waals surface area contributed by atoms with Crippen LogP contribution in [0.3, 0.4) is 0 Å². The molecule has 120 valence electrons. The number of carboxylic acid groups (broad SMARTS) is 2. The Morgan fingerprint density at radius 3 is 2.13 bits per heavy atom. The van der Waals surface area contributed by atoms with E-state index in [9.17, 15) is 24.9 Å². The molecule has 0 saturated carbocycles. The van der Waals surface area contributed by atoms with Gasteiger partial charge in [-0.25, -0.2) is 9.59 Å². The number of nitrogens with zero attached hydrogens (tertiary/aromatic N) is 2. The van der Waals surface area contributed by atoms with Crippen molar-refractivity contribution in [3.63, 3.8) is 0 Å². The van der Waals surface area contributed by atoms with Gasteiger partial charge in [0.15, 0.2) is 0 Å². The predicted octanol–water partition coefficient (Wildman–Crippen LogP) is 1.96. The summed E-state index contributed by atoms with van der Waals surface area (Å²) in [6, 6.07) is 8.04. The molecule has 0 bridgehead atoms. The van der Waals surface area contributed by atoms with Crippen molar-refractivity contribution in [1.82, 2.24) is 9.88 Å². The van der Waals surface area contributed by atoms with Crippen LogP contribution in [0.25, 0.3) is 0 Å². The molecule has 0 aliphatic carbocycles. The first-order valence-electron chi connectivity index (χ1n) is 6.86. The molecular formula is C16H16N2O5. The molecule has 2 rings (SSSR count). The fourth-order valence-corrected chi connectivity index (χ4v) is 2.18. The Morgan fingerprint density at radius 1 is 1.00 bits per heavy atom. The van der Waals surface area contributed by atoms with Gasteiger partial charge in [0.25, 0.3) is 0 Å². The van der Waals surface area contributed by atoms with Crippen LogP contribution in [0.4, 0.5) is 4.79 Å².